The number of hydrogen-bond acceptors (Lipinski definition) is 6. The minimum atomic E-state index is -0.932. The van der Waals surface area contributed by atoms with E-state index in [4.69, 9.17) is 5.84 Å². The number of aromatic nitrogens is 1. The maximum absolute atomic E-state index is 13.5. The average molecular weight is 291 g/mol. The fourth-order valence-corrected chi connectivity index (χ4v) is 1.63. The summed E-state index contributed by atoms with van der Waals surface area (Å²) in [5, 5.41) is 13.3. The Morgan fingerprint density at radius 2 is 2.14 bits per heavy atom. The van der Waals surface area contributed by atoms with Gasteiger partial charge in [0.15, 0.2) is 5.82 Å². The fourth-order valence-electron chi connectivity index (χ4n) is 1.63. The first-order valence-electron chi connectivity index (χ1n) is 5.70. The predicted molar refractivity (Wildman–Crippen MR) is 73.1 cm³/mol. The molecule has 108 valence electrons. The molecule has 0 saturated heterocycles. The number of carbonyl (C=O) groups excluding carboxylic acids is 1. The monoisotopic (exact) mass is 291 g/mol. The van der Waals surface area contributed by atoms with E-state index >= 15 is 0 Å². The van der Waals surface area contributed by atoms with Crippen LogP contribution < -0.4 is 16.6 Å². The van der Waals surface area contributed by atoms with Crippen LogP contribution in [0.4, 0.5) is 21.6 Å². The molecule has 1 aromatic heterocycles. The van der Waals surface area contributed by atoms with Gasteiger partial charge in [-0.2, -0.15) is 0 Å². The lowest BCUT2D eigenvalue weighted by atomic mass is 10.1. The van der Waals surface area contributed by atoms with E-state index in [1.807, 2.05) is 5.43 Å². The van der Waals surface area contributed by atoms with Gasteiger partial charge in [-0.3, -0.25) is 20.8 Å². The number of carbonyl (C=O) groups is 1. The van der Waals surface area contributed by atoms with E-state index < -0.39 is 22.3 Å². The smallest absolute Gasteiger partial charge is 0.285 e. The SMILES string of the molecule is NNc1cc(C(=O)Nc2ccccn2)c([N+](=O)[O-])cc1F. The number of nitro benzene ring substituents is 1. The van der Waals surface area contributed by atoms with Crippen molar-refractivity contribution in [1.82, 2.24) is 4.98 Å². The number of pyridine rings is 1. The number of nitrogen functional groups attached to an aromatic ring is 1. The molecule has 0 bridgehead atoms. The first kappa shape index (κ1) is 14.3. The molecule has 0 saturated carbocycles. The molecule has 0 aliphatic carbocycles. The molecular weight excluding hydrogens is 281 g/mol. The summed E-state index contributed by atoms with van der Waals surface area (Å²) in [7, 11) is 0. The van der Waals surface area contributed by atoms with Gasteiger partial charge < -0.3 is 10.7 Å². The van der Waals surface area contributed by atoms with Crippen LogP contribution in [-0.2, 0) is 0 Å². The Hall–Kier alpha value is -3.07. The zero-order valence-electron chi connectivity index (χ0n) is 10.5. The Labute approximate surface area is 117 Å². The molecule has 0 fully saturated rings. The van der Waals surface area contributed by atoms with Crippen molar-refractivity contribution in [2.45, 2.75) is 0 Å². The number of nitrogens with zero attached hydrogens (tertiary/aromatic N) is 2. The van der Waals surface area contributed by atoms with E-state index in [1.54, 1.807) is 12.1 Å². The molecule has 2 aromatic rings. The van der Waals surface area contributed by atoms with Crippen molar-refractivity contribution < 1.29 is 14.1 Å². The van der Waals surface area contributed by atoms with Crippen LogP contribution in [0.2, 0.25) is 0 Å². The third-order valence-corrected chi connectivity index (χ3v) is 2.59. The highest BCUT2D eigenvalue weighted by Crippen LogP contribution is 2.26. The average Bonchev–Trinajstić information content (AvgIpc) is 2.47. The molecule has 0 spiro atoms. The minimum Gasteiger partial charge on any atom is -0.321 e. The van der Waals surface area contributed by atoms with Crippen molar-refractivity contribution in [2.75, 3.05) is 10.7 Å². The summed E-state index contributed by atoms with van der Waals surface area (Å²) >= 11 is 0. The highest BCUT2D eigenvalue weighted by atomic mass is 19.1. The second-order valence-electron chi connectivity index (χ2n) is 3.92. The van der Waals surface area contributed by atoms with E-state index in [1.165, 1.54) is 12.3 Å². The second-order valence-corrected chi connectivity index (χ2v) is 3.92. The quantitative estimate of drug-likeness (QED) is 0.447. The van der Waals surface area contributed by atoms with Crippen LogP contribution in [0.25, 0.3) is 0 Å². The van der Waals surface area contributed by atoms with Crippen LogP contribution in [0.3, 0.4) is 0 Å². The van der Waals surface area contributed by atoms with E-state index in [9.17, 15) is 19.3 Å². The largest absolute Gasteiger partial charge is 0.321 e. The van der Waals surface area contributed by atoms with Crippen molar-refractivity contribution in [1.29, 1.82) is 0 Å². The molecule has 1 amide bonds. The Morgan fingerprint density at radius 3 is 2.71 bits per heavy atom. The zero-order valence-corrected chi connectivity index (χ0v) is 10.5. The number of rotatable bonds is 4. The zero-order chi connectivity index (χ0) is 15.4. The molecule has 9 heteroatoms. The van der Waals surface area contributed by atoms with Crippen molar-refractivity contribution in [3.05, 3.63) is 58.0 Å². The first-order chi connectivity index (χ1) is 10.0. The third kappa shape index (κ3) is 3.09. The van der Waals surface area contributed by atoms with Crippen LogP contribution >= 0.6 is 0 Å². The standard InChI is InChI=1S/C12H10FN5O3/c13-8-6-10(18(20)21)7(5-9(8)17-14)12(19)16-11-3-1-2-4-15-11/h1-6,17H,14H2,(H,15,16,19). The van der Waals surface area contributed by atoms with Gasteiger partial charge in [-0.15, -0.1) is 0 Å². The number of nitro groups is 1. The number of nitrogens with two attached hydrogens (primary N) is 1. The lowest BCUT2D eigenvalue weighted by Gasteiger charge is -2.08. The second kappa shape index (κ2) is 5.92. The predicted octanol–water partition coefficient (Wildman–Crippen LogP) is 1.67. The maximum Gasteiger partial charge on any atom is 0.285 e. The Bertz CT molecular complexity index is 693. The Kier molecular flexibility index (Phi) is 4.05. The van der Waals surface area contributed by atoms with Gasteiger partial charge in [-0.1, -0.05) is 6.07 Å². The van der Waals surface area contributed by atoms with Crippen LogP contribution in [-0.4, -0.2) is 15.8 Å². The van der Waals surface area contributed by atoms with E-state index in [0.29, 0.717) is 6.07 Å². The molecule has 1 heterocycles. The van der Waals surface area contributed by atoms with Gasteiger partial charge >= 0.3 is 0 Å². The molecule has 1 aromatic carbocycles. The molecule has 4 N–H and O–H groups in total. The molecule has 21 heavy (non-hydrogen) atoms. The molecule has 8 nitrogen and oxygen atoms in total. The summed E-state index contributed by atoms with van der Waals surface area (Å²) in [5.74, 6) is 3.58. The first-order valence-corrected chi connectivity index (χ1v) is 5.70. The summed E-state index contributed by atoms with van der Waals surface area (Å²) in [6.45, 7) is 0. The number of hydrazine groups is 1. The minimum absolute atomic E-state index is 0.211. The lowest BCUT2D eigenvalue weighted by molar-refractivity contribution is -0.385. The third-order valence-electron chi connectivity index (χ3n) is 2.59. The summed E-state index contributed by atoms with van der Waals surface area (Å²) in [6, 6.07) is 6.38. The molecule has 2 rings (SSSR count). The maximum atomic E-state index is 13.5. The van der Waals surface area contributed by atoms with Gasteiger partial charge in [0.2, 0.25) is 0 Å². The fraction of sp³-hybridized carbons (Fsp3) is 0. The summed E-state index contributed by atoms with van der Waals surface area (Å²) in [5.41, 5.74) is 0.797. The number of benzene rings is 1. The molecule has 0 atom stereocenters. The molecular formula is C12H10FN5O3. The summed E-state index contributed by atoms with van der Waals surface area (Å²) in [6.07, 6.45) is 1.45. The van der Waals surface area contributed by atoms with Crippen molar-refractivity contribution in [3.63, 3.8) is 0 Å². The molecule has 0 unspecified atom stereocenters. The van der Waals surface area contributed by atoms with Crippen LogP contribution in [0.1, 0.15) is 10.4 Å². The summed E-state index contributed by atoms with van der Waals surface area (Å²) in [4.78, 5) is 26.0. The van der Waals surface area contributed by atoms with Crippen LogP contribution in [0.5, 0.6) is 0 Å². The van der Waals surface area contributed by atoms with E-state index in [-0.39, 0.29) is 17.1 Å². The lowest BCUT2D eigenvalue weighted by Crippen LogP contribution is -2.17. The highest BCUT2D eigenvalue weighted by molar-refractivity contribution is 6.07. The van der Waals surface area contributed by atoms with Gasteiger partial charge in [-0.25, -0.2) is 9.37 Å². The Balaban J connectivity index is 2.41. The topological polar surface area (TPSA) is 123 Å². The molecule has 0 radical (unpaired) electrons. The van der Waals surface area contributed by atoms with E-state index in [2.05, 4.69) is 10.3 Å². The molecule has 0 aliphatic rings. The van der Waals surface area contributed by atoms with Crippen molar-refractivity contribution in [3.8, 4) is 0 Å². The normalized spacial score (nSPS) is 10.0. The number of anilines is 2. The Morgan fingerprint density at radius 1 is 1.38 bits per heavy atom. The number of hydrogen-bond donors (Lipinski definition) is 3. The van der Waals surface area contributed by atoms with Gasteiger partial charge in [-0.05, 0) is 18.2 Å². The van der Waals surface area contributed by atoms with Gasteiger partial charge in [0.1, 0.15) is 11.4 Å². The van der Waals surface area contributed by atoms with E-state index in [0.717, 1.165) is 6.07 Å². The van der Waals surface area contributed by atoms with Gasteiger partial charge in [0.25, 0.3) is 11.6 Å². The number of halogens is 1. The van der Waals surface area contributed by atoms with Crippen molar-refractivity contribution in [2.24, 2.45) is 5.84 Å². The van der Waals surface area contributed by atoms with Gasteiger partial charge in [0.05, 0.1) is 16.7 Å². The van der Waals surface area contributed by atoms with Crippen LogP contribution in [0, 0.1) is 15.9 Å². The number of amides is 1. The highest BCUT2D eigenvalue weighted by Gasteiger charge is 2.23. The van der Waals surface area contributed by atoms with Crippen LogP contribution in [0.15, 0.2) is 36.5 Å². The number of nitrogens with one attached hydrogen (secondary N) is 2. The van der Waals surface area contributed by atoms with Gasteiger partial charge in [0, 0.05) is 6.20 Å². The molecule has 0 aliphatic heterocycles. The summed E-state index contributed by atoms with van der Waals surface area (Å²) < 4.78 is 13.5. The van der Waals surface area contributed by atoms with Crippen molar-refractivity contribution >= 4 is 23.1 Å².